The number of methoxy groups -OCH3 is 1. The summed E-state index contributed by atoms with van der Waals surface area (Å²) in [6.45, 7) is 2.91. The number of anilines is 1. The summed E-state index contributed by atoms with van der Waals surface area (Å²) in [5.41, 5.74) is 0.819. The van der Waals surface area contributed by atoms with Crippen LogP contribution in [0.4, 0.5) is 5.69 Å². The lowest BCUT2D eigenvalue weighted by molar-refractivity contribution is -0.142. The molecule has 1 aliphatic rings. The topological polar surface area (TPSA) is 75.7 Å². The first-order valence-electron chi connectivity index (χ1n) is 9.33. The molecule has 0 unspecified atom stereocenters. The lowest BCUT2D eigenvalue weighted by Crippen LogP contribution is -2.42. The van der Waals surface area contributed by atoms with Crippen molar-refractivity contribution in [3.8, 4) is 0 Å². The zero-order chi connectivity index (χ0) is 20.1. The number of ether oxygens (including phenoxy) is 1. The van der Waals surface area contributed by atoms with Crippen LogP contribution in [0.15, 0.2) is 54.6 Å². The summed E-state index contributed by atoms with van der Waals surface area (Å²) in [7, 11) is 1.30. The van der Waals surface area contributed by atoms with Crippen molar-refractivity contribution in [2.45, 2.75) is 26.3 Å². The Kier molecular flexibility index (Phi) is 5.78. The van der Waals surface area contributed by atoms with Gasteiger partial charge in [0.25, 0.3) is 0 Å². The molecule has 0 saturated heterocycles. The monoisotopic (exact) mass is 380 g/mol. The number of rotatable bonds is 7. The van der Waals surface area contributed by atoms with Crippen molar-refractivity contribution in [1.82, 2.24) is 4.90 Å². The van der Waals surface area contributed by atoms with Gasteiger partial charge in [-0.15, -0.1) is 0 Å². The molecule has 1 aliphatic carbocycles. The standard InChI is InChI=1S/C22H24N2O4/c1-3-24(15-16-8-5-4-6-9-16)21(27)22(12-13-22)20(26)23-18-11-7-10-17(14-18)19(25)28-2/h4-11,14H,3,12-13,15H2,1-2H3,(H,23,26). The van der Waals surface area contributed by atoms with Crippen molar-refractivity contribution in [3.05, 3.63) is 65.7 Å². The minimum atomic E-state index is -1.02. The van der Waals surface area contributed by atoms with Gasteiger partial charge in [-0.3, -0.25) is 9.59 Å². The SMILES string of the molecule is CCN(Cc1ccccc1)C(=O)C1(C(=O)Nc2cccc(C(=O)OC)c2)CC1. The average molecular weight is 380 g/mol. The Balaban J connectivity index is 1.72. The highest BCUT2D eigenvalue weighted by Crippen LogP contribution is 2.48. The maximum absolute atomic E-state index is 13.1. The van der Waals surface area contributed by atoms with Gasteiger partial charge in [-0.05, 0) is 43.5 Å². The molecule has 6 nitrogen and oxygen atoms in total. The number of carbonyl (C=O) groups is 3. The first-order chi connectivity index (χ1) is 13.5. The minimum Gasteiger partial charge on any atom is -0.465 e. The van der Waals surface area contributed by atoms with Crippen LogP contribution in [0.5, 0.6) is 0 Å². The second-order valence-corrected chi connectivity index (χ2v) is 6.91. The predicted molar refractivity (Wildman–Crippen MR) is 106 cm³/mol. The van der Waals surface area contributed by atoms with E-state index in [2.05, 4.69) is 5.32 Å². The summed E-state index contributed by atoms with van der Waals surface area (Å²) < 4.78 is 4.70. The number of carbonyl (C=O) groups excluding carboxylic acids is 3. The van der Waals surface area contributed by atoms with Gasteiger partial charge in [0, 0.05) is 18.8 Å². The Labute approximate surface area is 164 Å². The first-order valence-corrected chi connectivity index (χ1v) is 9.33. The van der Waals surface area contributed by atoms with Crippen LogP contribution in [0, 0.1) is 5.41 Å². The molecule has 0 radical (unpaired) electrons. The van der Waals surface area contributed by atoms with E-state index in [1.807, 2.05) is 37.3 Å². The van der Waals surface area contributed by atoms with Crippen LogP contribution in [-0.4, -0.2) is 36.3 Å². The summed E-state index contributed by atoms with van der Waals surface area (Å²) in [5, 5.41) is 2.79. The molecule has 3 rings (SSSR count). The van der Waals surface area contributed by atoms with Crippen molar-refractivity contribution >= 4 is 23.5 Å². The Morgan fingerprint density at radius 3 is 2.39 bits per heavy atom. The van der Waals surface area contributed by atoms with E-state index in [0.29, 0.717) is 37.2 Å². The van der Waals surface area contributed by atoms with Gasteiger partial charge >= 0.3 is 5.97 Å². The van der Waals surface area contributed by atoms with E-state index in [-0.39, 0.29) is 11.8 Å². The smallest absolute Gasteiger partial charge is 0.337 e. The maximum atomic E-state index is 13.1. The fourth-order valence-electron chi connectivity index (χ4n) is 3.19. The summed E-state index contributed by atoms with van der Waals surface area (Å²) >= 11 is 0. The first kappa shape index (κ1) is 19.6. The van der Waals surface area contributed by atoms with E-state index >= 15 is 0 Å². The van der Waals surface area contributed by atoms with Crippen molar-refractivity contribution in [3.63, 3.8) is 0 Å². The lowest BCUT2D eigenvalue weighted by atomic mass is 10.0. The molecule has 0 atom stereocenters. The third kappa shape index (κ3) is 4.06. The number of benzene rings is 2. The molecule has 146 valence electrons. The molecule has 1 N–H and O–H groups in total. The molecule has 0 spiro atoms. The van der Waals surface area contributed by atoms with E-state index in [1.165, 1.54) is 7.11 Å². The molecule has 1 saturated carbocycles. The summed E-state index contributed by atoms with van der Waals surface area (Å²) in [4.78, 5) is 39.4. The molecule has 2 aromatic rings. The number of nitrogens with one attached hydrogen (secondary N) is 1. The van der Waals surface area contributed by atoms with E-state index in [0.717, 1.165) is 5.56 Å². The van der Waals surface area contributed by atoms with Gasteiger partial charge in [-0.2, -0.15) is 0 Å². The Morgan fingerprint density at radius 1 is 1.07 bits per heavy atom. The highest BCUT2D eigenvalue weighted by atomic mass is 16.5. The summed E-state index contributed by atoms with van der Waals surface area (Å²) in [6, 6.07) is 16.2. The molecule has 2 amide bonds. The van der Waals surface area contributed by atoms with Crippen molar-refractivity contribution < 1.29 is 19.1 Å². The fourth-order valence-corrected chi connectivity index (χ4v) is 3.19. The van der Waals surface area contributed by atoms with Gasteiger partial charge in [0.2, 0.25) is 11.8 Å². The van der Waals surface area contributed by atoms with E-state index < -0.39 is 11.4 Å². The minimum absolute atomic E-state index is 0.152. The van der Waals surface area contributed by atoms with Gasteiger partial charge in [0.05, 0.1) is 12.7 Å². The van der Waals surface area contributed by atoms with Crippen LogP contribution in [0.3, 0.4) is 0 Å². The average Bonchev–Trinajstić information content (AvgIpc) is 3.54. The van der Waals surface area contributed by atoms with Crippen molar-refractivity contribution in [2.75, 3.05) is 19.0 Å². The zero-order valence-corrected chi connectivity index (χ0v) is 16.1. The Morgan fingerprint density at radius 2 is 1.79 bits per heavy atom. The highest BCUT2D eigenvalue weighted by molar-refractivity contribution is 6.13. The number of esters is 1. The quantitative estimate of drug-likeness (QED) is 0.591. The van der Waals surface area contributed by atoms with Crippen LogP contribution >= 0.6 is 0 Å². The van der Waals surface area contributed by atoms with E-state index in [9.17, 15) is 14.4 Å². The molecule has 0 bridgehead atoms. The normalized spacial score (nSPS) is 14.1. The van der Waals surface area contributed by atoms with Crippen LogP contribution < -0.4 is 5.32 Å². The number of nitrogens with zero attached hydrogens (tertiary/aromatic N) is 1. The Bertz CT molecular complexity index is 875. The molecule has 0 heterocycles. The van der Waals surface area contributed by atoms with E-state index in [4.69, 9.17) is 4.74 Å². The second kappa shape index (κ2) is 8.25. The predicted octanol–water partition coefficient (Wildman–Crippen LogP) is 3.24. The van der Waals surface area contributed by atoms with Crippen LogP contribution in [0.1, 0.15) is 35.7 Å². The Hall–Kier alpha value is -3.15. The van der Waals surface area contributed by atoms with E-state index in [1.54, 1.807) is 29.2 Å². The van der Waals surface area contributed by atoms with Crippen LogP contribution in [-0.2, 0) is 20.9 Å². The van der Waals surface area contributed by atoms with Crippen LogP contribution in [0.2, 0.25) is 0 Å². The summed E-state index contributed by atoms with van der Waals surface area (Å²) in [6.07, 6.45) is 1.05. The van der Waals surface area contributed by atoms with Gasteiger partial charge in [0.15, 0.2) is 0 Å². The molecule has 6 heteroatoms. The highest BCUT2D eigenvalue weighted by Gasteiger charge is 2.57. The zero-order valence-electron chi connectivity index (χ0n) is 16.1. The number of hydrogen-bond acceptors (Lipinski definition) is 4. The van der Waals surface area contributed by atoms with Gasteiger partial charge in [-0.25, -0.2) is 4.79 Å². The summed E-state index contributed by atoms with van der Waals surface area (Å²) in [5.74, 6) is -0.958. The largest absolute Gasteiger partial charge is 0.465 e. The van der Waals surface area contributed by atoms with Gasteiger partial charge < -0.3 is 15.0 Å². The molecule has 28 heavy (non-hydrogen) atoms. The third-order valence-electron chi connectivity index (χ3n) is 5.02. The van der Waals surface area contributed by atoms with Crippen LogP contribution in [0.25, 0.3) is 0 Å². The van der Waals surface area contributed by atoms with Crippen molar-refractivity contribution in [1.29, 1.82) is 0 Å². The molecule has 0 aliphatic heterocycles. The van der Waals surface area contributed by atoms with Gasteiger partial charge in [-0.1, -0.05) is 36.4 Å². The maximum Gasteiger partial charge on any atom is 0.337 e. The molecule has 1 fully saturated rings. The fraction of sp³-hybridized carbons (Fsp3) is 0.318. The molecular weight excluding hydrogens is 356 g/mol. The van der Waals surface area contributed by atoms with Gasteiger partial charge in [0.1, 0.15) is 5.41 Å². The number of amides is 2. The molecular formula is C22H24N2O4. The molecule has 2 aromatic carbocycles. The third-order valence-corrected chi connectivity index (χ3v) is 5.02. The number of hydrogen-bond donors (Lipinski definition) is 1. The van der Waals surface area contributed by atoms with Crippen molar-refractivity contribution in [2.24, 2.45) is 5.41 Å². The molecule has 0 aromatic heterocycles. The lowest BCUT2D eigenvalue weighted by Gasteiger charge is -2.26. The second-order valence-electron chi connectivity index (χ2n) is 6.91.